The zero-order chi connectivity index (χ0) is 14.0. The van der Waals surface area contributed by atoms with Gasteiger partial charge >= 0.3 is 0 Å². The Balaban J connectivity index is 1.44. The Morgan fingerprint density at radius 1 is 1.15 bits per heavy atom. The van der Waals surface area contributed by atoms with E-state index in [1.165, 1.54) is 11.1 Å². The van der Waals surface area contributed by atoms with Crippen molar-refractivity contribution in [3.05, 3.63) is 53.9 Å². The van der Waals surface area contributed by atoms with Gasteiger partial charge in [0.05, 0.1) is 12.8 Å². The second kappa shape index (κ2) is 8.51. The quantitative estimate of drug-likeness (QED) is 0.712. The monoisotopic (exact) mass is 273 g/mol. The van der Waals surface area contributed by atoms with E-state index in [4.69, 9.17) is 4.74 Å². The van der Waals surface area contributed by atoms with Gasteiger partial charge in [-0.3, -0.25) is 4.68 Å². The summed E-state index contributed by atoms with van der Waals surface area (Å²) in [5, 5.41) is 7.56. The summed E-state index contributed by atoms with van der Waals surface area (Å²) >= 11 is 0. The number of nitrogens with one attached hydrogen (secondary N) is 1. The Labute approximate surface area is 120 Å². The minimum absolute atomic E-state index is 0.768. The number of hydrogen-bond acceptors (Lipinski definition) is 3. The molecule has 1 N–H and O–H groups in total. The Morgan fingerprint density at radius 2 is 2.00 bits per heavy atom. The van der Waals surface area contributed by atoms with Crippen LogP contribution >= 0.6 is 0 Å². The number of rotatable bonds is 9. The number of aryl methyl sites for hydroxylation is 1. The van der Waals surface area contributed by atoms with Crippen LogP contribution in [0, 0.1) is 0 Å². The van der Waals surface area contributed by atoms with Crippen LogP contribution in [0.5, 0.6) is 0 Å². The minimum atomic E-state index is 0.768. The molecule has 0 fully saturated rings. The standard InChI is InChI=1S/C16H23N3O/c1-19-14-16(13-18-19)8-11-20-10-5-9-17-12-15-6-3-2-4-7-15/h2-4,6-7,13-14,17H,5,8-12H2,1H3. The first-order valence-corrected chi connectivity index (χ1v) is 7.14. The molecule has 0 aliphatic heterocycles. The number of nitrogens with zero attached hydrogens (tertiary/aromatic N) is 2. The first-order valence-electron chi connectivity index (χ1n) is 7.14. The van der Waals surface area contributed by atoms with E-state index < -0.39 is 0 Å². The molecule has 0 saturated carbocycles. The van der Waals surface area contributed by atoms with Gasteiger partial charge in [-0.05, 0) is 30.5 Å². The van der Waals surface area contributed by atoms with Gasteiger partial charge in [0, 0.05) is 26.4 Å². The molecular weight excluding hydrogens is 250 g/mol. The number of benzene rings is 1. The highest BCUT2D eigenvalue weighted by Crippen LogP contribution is 1.99. The van der Waals surface area contributed by atoms with Crippen molar-refractivity contribution in [1.29, 1.82) is 0 Å². The van der Waals surface area contributed by atoms with Crippen LogP contribution in [0.3, 0.4) is 0 Å². The summed E-state index contributed by atoms with van der Waals surface area (Å²) in [6.07, 6.45) is 5.90. The zero-order valence-corrected chi connectivity index (χ0v) is 12.1. The summed E-state index contributed by atoms with van der Waals surface area (Å²) in [4.78, 5) is 0. The molecule has 4 heteroatoms. The van der Waals surface area contributed by atoms with E-state index in [-0.39, 0.29) is 0 Å². The van der Waals surface area contributed by atoms with Gasteiger partial charge in [-0.1, -0.05) is 30.3 Å². The van der Waals surface area contributed by atoms with Gasteiger partial charge in [0.2, 0.25) is 0 Å². The summed E-state index contributed by atoms with van der Waals surface area (Å²) in [5.74, 6) is 0. The van der Waals surface area contributed by atoms with E-state index in [0.717, 1.165) is 39.1 Å². The Kier molecular flexibility index (Phi) is 6.27. The summed E-state index contributed by atoms with van der Waals surface area (Å²) in [7, 11) is 1.93. The number of ether oxygens (including phenoxy) is 1. The van der Waals surface area contributed by atoms with Gasteiger partial charge in [0.15, 0.2) is 0 Å². The molecule has 0 radical (unpaired) electrons. The minimum Gasteiger partial charge on any atom is -0.381 e. The van der Waals surface area contributed by atoms with E-state index >= 15 is 0 Å². The number of aromatic nitrogens is 2. The smallest absolute Gasteiger partial charge is 0.0522 e. The van der Waals surface area contributed by atoms with Gasteiger partial charge in [-0.2, -0.15) is 5.10 Å². The highest BCUT2D eigenvalue weighted by atomic mass is 16.5. The Bertz CT molecular complexity index is 481. The lowest BCUT2D eigenvalue weighted by Gasteiger charge is -2.05. The van der Waals surface area contributed by atoms with Gasteiger partial charge in [-0.15, -0.1) is 0 Å². The van der Waals surface area contributed by atoms with Crippen LogP contribution in [0.2, 0.25) is 0 Å². The molecule has 0 atom stereocenters. The lowest BCUT2D eigenvalue weighted by atomic mass is 10.2. The number of hydrogen-bond donors (Lipinski definition) is 1. The molecule has 0 spiro atoms. The van der Waals surface area contributed by atoms with Crippen LogP contribution in [0.1, 0.15) is 17.5 Å². The fraction of sp³-hybridized carbons (Fsp3) is 0.438. The molecule has 1 heterocycles. The van der Waals surface area contributed by atoms with Crippen molar-refractivity contribution in [2.45, 2.75) is 19.4 Å². The van der Waals surface area contributed by atoms with Crippen molar-refractivity contribution >= 4 is 0 Å². The molecule has 0 aliphatic carbocycles. The zero-order valence-electron chi connectivity index (χ0n) is 12.1. The third-order valence-electron chi connectivity index (χ3n) is 3.11. The largest absolute Gasteiger partial charge is 0.381 e. The summed E-state index contributed by atoms with van der Waals surface area (Å²) in [6, 6.07) is 10.4. The molecule has 108 valence electrons. The first kappa shape index (κ1) is 14.8. The van der Waals surface area contributed by atoms with Gasteiger partial charge in [0.1, 0.15) is 0 Å². The average molecular weight is 273 g/mol. The third kappa shape index (κ3) is 5.55. The molecule has 0 unspecified atom stereocenters. The second-order valence-electron chi connectivity index (χ2n) is 4.90. The van der Waals surface area contributed by atoms with Gasteiger partial charge in [0.25, 0.3) is 0 Å². The van der Waals surface area contributed by atoms with Crippen molar-refractivity contribution in [3.8, 4) is 0 Å². The molecule has 1 aromatic heterocycles. The highest BCUT2D eigenvalue weighted by Gasteiger charge is 1.96. The van der Waals surface area contributed by atoms with E-state index in [1.807, 2.05) is 30.2 Å². The van der Waals surface area contributed by atoms with Crippen LogP contribution in [0.15, 0.2) is 42.7 Å². The van der Waals surface area contributed by atoms with E-state index in [0.29, 0.717) is 0 Å². The normalized spacial score (nSPS) is 10.8. The SMILES string of the molecule is Cn1cc(CCOCCCNCc2ccccc2)cn1. The third-order valence-corrected chi connectivity index (χ3v) is 3.11. The first-order chi connectivity index (χ1) is 9.84. The molecule has 0 aliphatic rings. The lowest BCUT2D eigenvalue weighted by molar-refractivity contribution is 0.134. The van der Waals surface area contributed by atoms with Crippen molar-refractivity contribution in [1.82, 2.24) is 15.1 Å². The van der Waals surface area contributed by atoms with Gasteiger partial charge in [-0.25, -0.2) is 0 Å². The topological polar surface area (TPSA) is 39.1 Å². The lowest BCUT2D eigenvalue weighted by Crippen LogP contribution is -2.16. The van der Waals surface area contributed by atoms with Crippen molar-refractivity contribution in [2.75, 3.05) is 19.8 Å². The van der Waals surface area contributed by atoms with Crippen molar-refractivity contribution in [2.24, 2.45) is 7.05 Å². The predicted octanol–water partition coefficient (Wildman–Crippen LogP) is 2.16. The molecule has 0 amide bonds. The Morgan fingerprint density at radius 3 is 2.75 bits per heavy atom. The Hall–Kier alpha value is -1.65. The van der Waals surface area contributed by atoms with Crippen LogP contribution in [-0.2, 0) is 24.8 Å². The molecule has 0 saturated heterocycles. The van der Waals surface area contributed by atoms with E-state index in [9.17, 15) is 0 Å². The van der Waals surface area contributed by atoms with Crippen LogP contribution < -0.4 is 5.32 Å². The maximum Gasteiger partial charge on any atom is 0.0522 e. The van der Waals surface area contributed by atoms with E-state index in [1.54, 1.807) is 0 Å². The highest BCUT2D eigenvalue weighted by molar-refractivity contribution is 5.14. The molecule has 0 bridgehead atoms. The molecule has 2 rings (SSSR count). The van der Waals surface area contributed by atoms with Crippen LogP contribution in [0.25, 0.3) is 0 Å². The second-order valence-corrected chi connectivity index (χ2v) is 4.90. The van der Waals surface area contributed by atoms with Crippen molar-refractivity contribution in [3.63, 3.8) is 0 Å². The average Bonchev–Trinajstić information content (AvgIpc) is 2.88. The van der Waals surface area contributed by atoms with Crippen molar-refractivity contribution < 1.29 is 4.74 Å². The maximum atomic E-state index is 5.62. The predicted molar refractivity (Wildman–Crippen MR) is 80.5 cm³/mol. The molecule has 4 nitrogen and oxygen atoms in total. The summed E-state index contributed by atoms with van der Waals surface area (Å²) in [5.41, 5.74) is 2.56. The van der Waals surface area contributed by atoms with Gasteiger partial charge < -0.3 is 10.1 Å². The van der Waals surface area contributed by atoms with Crippen LogP contribution in [-0.4, -0.2) is 29.5 Å². The molecule has 20 heavy (non-hydrogen) atoms. The molecule has 1 aromatic carbocycles. The van der Waals surface area contributed by atoms with E-state index in [2.05, 4.69) is 34.7 Å². The fourth-order valence-electron chi connectivity index (χ4n) is 2.02. The summed E-state index contributed by atoms with van der Waals surface area (Å²) in [6.45, 7) is 3.49. The molecular formula is C16H23N3O. The fourth-order valence-corrected chi connectivity index (χ4v) is 2.02. The van der Waals surface area contributed by atoms with Crippen LogP contribution in [0.4, 0.5) is 0 Å². The maximum absolute atomic E-state index is 5.62. The summed E-state index contributed by atoms with van der Waals surface area (Å²) < 4.78 is 7.44. The molecule has 2 aromatic rings.